The van der Waals surface area contributed by atoms with Gasteiger partial charge in [-0.3, -0.25) is 4.52 Å². The summed E-state index contributed by atoms with van der Waals surface area (Å²) in [7, 11) is -4.91. The van der Waals surface area contributed by atoms with Crippen molar-refractivity contribution in [2.24, 2.45) is 0 Å². The Morgan fingerprint density at radius 1 is 1.12 bits per heavy atom. The van der Waals surface area contributed by atoms with E-state index in [0.29, 0.717) is 0 Å². The topological polar surface area (TPSA) is 157 Å². The lowest BCUT2D eigenvalue weighted by atomic mass is 10.00. The van der Waals surface area contributed by atoms with Crippen LogP contribution in [-0.4, -0.2) is 67.5 Å². The van der Waals surface area contributed by atoms with Crippen molar-refractivity contribution < 1.29 is 44.0 Å². The number of aliphatic hydroxyl groups excluding tert-OH is 4. The normalized spacial score (nSPS) is 41.0. The molecule has 0 aromatic carbocycles. The van der Waals surface area contributed by atoms with Gasteiger partial charge in [-0.05, 0) is 0 Å². The predicted molar refractivity (Wildman–Crippen MR) is 46.9 cm³/mol. The molecule has 16 heavy (non-hydrogen) atoms. The van der Waals surface area contributed by atoms with E-state index in [2.05, 4.69) is 9.26 Å². The molecular formula is C6H13O9P. The number of phosphoric ester groups is 1. The lowest BCUT2D eigenvalue weighted by molar-refractivity contribution is -0.280. The summed E-state index contributed by atoms with van der Waals surface area (Å²) in [5.41, 5.74) is 0. The molecule has 0 spiro atoms. The molecule has 1 aliphatic heterocycles. The van der Waals surface area contributed by atoms with Gasteiger partial charge in [-0.25, -0.2) is 4.57 Å². The van der Waals surface area contributed by atoms with Crippen LogP contribution < -0.4 is 0 Å². The average molecular weight is 260 g/mol. The Morgan fingerprint density at radius 3 is 2.12 bits per heavy atom. The second-order valence-corrected chi connectivity index (χ2v) is 4.49. The number of ether oxygens (including phenoxy) is 1. The number of aliphatic hydroxyl groups is 4. The van der Waals surface area contributed by atoms with Crippen molar-refractivity contribution in [2.45, 2.75) is 30.7 Å². The Balaban J connectivity index is 2.75. The molecular weight excluding hydrogens is 247 g/mol. The van der Waals surface area contributed by atoms with Crippen molar-refractivity contribution in [3.05, 3.63) is 0 Å². The Kier molecular flexibility index (Phi) is 4.41. The van der Waals surface area contributed by atoms with Crippen molar-refractivity contribution >= 4 is 7.82 Å². The van der Waals surface area contributed by atoms with Gasteiger partial charge in [0.15, 0.2) is 6.29 Å². The third kappa shape index (κ3) is 3.20. The lowest BCUT2D eigenvalue weighted by Gasteiger charge is -2.39. The summed E-state index contributed by atoms with van der Waals surface area (Å²) in [5, 5.41) is 36.6. The first kappa shape index (κ1) is 14.0. The molecule has 0 aliphatic carbocycles. The van der Waals surface area contributed by atoms with E-state index in [9.17, 15) is 19.9 Å². The maximum atomic E-state index is 10.5. The van der Waals surface area contributed by atoms with Crippen LogP contribution in [0.3, 0.4) is 0 Å². The number of phosphoric acid groups is 1. The molecule has 0 bridgehead atoms. The highest BCUT2D eigenvalue weighted by atomic mass is 31.2. The smallest absolute Gasteiger partial charge is 0.394 e. The molecule has 1 aliphatic rings. The van der Waals surface area contributed by atoms with Gasteiger partial charge in [0.1, 0.15) is 24.4 Å². The fraction of sp³-hybridized carbons (Fsp3) is 1.00. The molecule has 9 nitrogen and oxygen atoms in total. The Morgan fingerprint density at radius 2 is 1.69 bits per heavy atom. The van der Waals surface area contributed by atoms with Gasteiger partial charge in [0.25, 0.3) is 0 Å². The molecule has 1 unspecified atom stereocenters. The fourth-order valence-electron chi connectivity index (χ4n) is 1.29. The minimum absolute atomic E-state index is 0.702. The Labute approximate surface area is 90.1 Å². The first-order chi connectivity index (χ1) is 7.26. The number of rotatable bonds is 3. The molecule has 0 saturated carbocycles. The van der Waals surface area contributed by atoms with E-state index < -0.39 is 45.1 Å². The van der Waals surface area contributed by atoms with E-state index in [4.69, 9.17) is 14.9 Å². The molecule has 0 aromatic rings. The summed E-state index contributed by atoms with van der Waals surface area (Å²) in [5.74, 6) is 0. The van der Waals surface area contributed by atoms with Crippen LogP contribution in [0.2, 0.25) is 0 Å². The fourth-order valence-corrected chi connectivity index (χ4v) is 1.73. The third-order valence-electron chi connectivity index (χ3n) is 2.09. The quantitative estimate of drug-likeness (QED) is 0.289. The van der Waals surface area contributed by atoms with E-state index in [1.165, 1.54) is 0 Å². The van der Waals surface area contributed by atoms with E-state index in [-0.39, 0.29) is 0 Å². The molecule has 0 amide bonds. The van der Waals surface area contributed by atoms with E-state index >= 15 is 0 Å². The third-order valence-corrected chi connectivity index (χ3v) is 2.57. The van der Waals surface area contributed by atoms with Crippen LogP contribution in [0, 0.1) is 0 Å². The van der Waals surface area contributed by atoms with Crippen LogP contribution in [0.4, 0.5) is 0 Å². The van der Waals surface area contributed by atoms with Gasteiger partial charge < -0.3 is 34.9 Å². The highest BCUT2D eigenvalue weighted by Crippen LogP contribution is 2.40. The molecule has 5 atom stereocenters. The standard InChI is InChI=1S/C6H13O9P/c7-1-2-3(8)4(9)5(10)6(14-2)15-16(11,12)13/h2-10H,1H2,(H2,11,12,13)/t2-,3+,4+,5+,6?/m1/s1. The molecule has 1 fully saturated rings. The van der Waals surface area contributed by atoms with Crippen molar-refractivity contribution in [1.29, 1.82) is 0 Å². The maximum Gasteiger partial charge on any atom is 0.472 e. The van der Waals surface area contributed by atoms with Crippen LogP contribution in [0.25, 0.3) is 0 Å². The Bertz CT molecular complexity index is 275. The van der Waals surface area contributed by atoms with E-state index in [1.807, 2.05) is 0 Å². The Hall–Kier alpha value is -0.0900. The molecule has 0 aromatic heterocycles. The maximum absolute atomic E-state index is 10.5. The SMILES string of the molecule is O=P(O)(O)OC1O[C@H](CO)[C@H](O)[C@H](O)[C@@H]1O. The second-order valence-electron chi connectivity index (χ2n) is 3.29. The minimum atomic E-state index is -4.91. The summed E-state index contributed by atoms with van der Waals surface area (Å²) >= 11 is 0. The zero-order valence-electron chi connectivity index (χ0n) is 7.95. The first-order valence-corrected chi connectivity index (χ1v) is 5.83. The lowest BCUT2D eigenvalue weighted by Crippen LogP contribution is -2.58. The van der Waals surface area contributed by atoms with Crippen molar-refractivity contribution in [1.82, 2.24) is 0 Å². The summed E-state index contributed by atoms with van der Waals surface area (Å²) in [4.78, 5) is 17.0. The molecule has 10 heteroatoms. The summed E-state index contributed by atoms with van der Waals surface area (Å²) in [6.07, 6.45) is -8.25. The molecule has 96 valence electrons. The van der Waals surface area contributed by atoms with E-state index in [1.54, 1.807) is 0 Å². The minimum Gasteiger partial charge on any atom is -0.394 e. The zero-order chi connectivity index (χ0) is 12.5. The summed E-state index contributed by atoms with van der Waals surface area (Å²) in [6.45, 7) is -0.702. The van der Waals surface area contributed by atoms with Gasteiger partial charge in [-0.1, -0.05) is 0 Å². The molecule has 1 heterocycles. The van der Waals surface area contributed by atoms with Gasteiger partial charge >= 0.3 is 7.82 Å². The highest BCUT2D eigenvalue weighted by molar-refractivity contribution is 7.46. The van der Waals surface area contributed by atoms with Crippen LogP contribution in [0.1, 0.15) is 0 Å². The van der Waals surface area contributed by atoms with Crippen LogP contribution in [0.15, 0.2) is 0 Å². The van der Waals surface area contributed by atoms with Crippen LogP contribution >= 0.6 is 7.82 Å². The molecule has 1 saturated heterocycles. The van der Waals surface area contributed by atoms with Gasteiger partial charge in [-0.15, -0.1) is 0 Å². The van der Waals surface area contributed by atoms with Gasteiger partial charge in [-0.2, -0.15) is 0 Å². The highest BCUT2D eigenvalue weighted by Gasteiger charge is 2.46. The molecule has 6 N–H and O–H groups in total. The van der Waals surface area contributed by atoms with Gasteiger partial charge in [0.05, 0.1) is 6.61 Å². The predicted octanol–water partition coefficient (Wildman–Crippen LogP) is -3.10. The monoisotopic (exact) mass is 260 g/mol. The zero-order valence-corrected chi connectivity index (χ0v) is 8.84. The number of hydrogen-bond acceptors (Lipinski definition) is 7. The first-order valence-electron chi connectivity index (χ1n) is 4.30. The second kappa shape index (κ2) is 5.05. The summed E-state index contributed by atoms with van der Waals surface area (Å²) < 4.78 is 19.2. The van der Waals surface area contributed by atoms with E-state index in [0.717, 1.165) is 0 Å². The van der Waals surface area contributed by atoms with Crippen LogP contribution in [0.5, 0.6) is 0 Å². The van der Waals surface area contributed by atoms with Crippen molar-refractivity contribution in [3.8, 4) is 0 Å². The summed E-state index contributed by atoms with van der Waals surface area (Å²) in [6, 6.07) is 0. The molecule has 1 rings (SSSR count). The van der Waals surface area contributed by atoms with Gasteiger partial charge in [0.2, 0.25) is 0 Å². The van der Waals surface area contributed by atoms with Crippen molar-refractivity contribution in [3.63, 3.8) is 0 Å². The number of hydrogen-bond donors (Lipinski definition) is 6. The van der Waals surface area contributed by atoms with Gasteiger partial charge in [0, 0.05) is 0 Å². The van der Waals surface area contributed by atoms with Crippen LogP contribution in [-0.2, 0) is 13.8 Å². The molecule has 0 radical (unpaired) electrons. The average Bonchev–Trinajstić information content (AvgIpc) is 2.17. The van der Waals surface area contributed by atoms with Crippen molar-refractivity contribution in [2.75, 3.05) is 6.61 Å². The largest absolute Gasteiger partial charge is 0.472 e.